The number of hydrogen-bond acceptors (Lipinski definition) is 3. The fraction of sp³-hybridized carbons (Fsp3) is 0.314. The van der Waals surface area contributed by atoms with Crippen LogP contribution in [0.15, 0.2) is 103 Å². The summed E-state index contributed by atoms with van der Waals surface area (Å²) >= 11 is 0. The summed E-state index contributed by atoms with van der Waals surface area (Å²) < 4.78 is 83.0. The van der Waals surface area contributed by atoms with Gasteiger partial charge in [0.15, 0.2) is 0 Å². The van der Waals surface area contributed by atoms with Gasteiger partial charge in [-0.2, -0.15) is 6.07 Å². The summed E-state index contributed by atoms with van der Waals surface area (Å²) in [5.74, 6) is 0.711. The predicted octanol–water partition coefficient (Wildman–Crippen LogP) is 13.0. The van der Waals surface area contributed by atoms with E-state index >= 15 is 0 Å². The first-order chi connectivity index (χ1) is 30.1. The number of aromatic nitrogens is 3. The Hall–Kier alpha value is -5.15. The van der Waals surface area contributed by atoms with Crippen LogP contribution in [0.3, 0.4) is 0 Å². The van der Waals surface area contributed by atoms with Gasteiger partial charge in [0.1, 0.15) is 17.4 Å². The smallest absolute Gasteiger partial charge is 0.484 e. The molecule has 0 radical (unpaired) electrons. The van der Waals surface area contributed by atoms with Crippen LogP contribution in [0, 0.1) is 12.1 Å². The molecule has 1 aliphatic heterocycles. The summed E-state index contributed by atoms with van der Waals surface area (Å²) in [5, 5.41) is 0.719. The molecule has 0 bridgehead atoms. The molecule has 58 heavy (non-hydrogen) atoms. The number of fused-ring (bicyclic) bond motifs is 4. The van der Waals surface area contributed by atoms with Gasteiger partial charge in [0.2, 0.25) is 5.69 Å². The monoisotopic (exact) mass is 954 g/mol. The maximum absolute atomic E-state index is 9.31. The molecular formula is C51H53N5OPt+2. The molecule has 0 unspecified atom stereocenters. The van der Waals surface area contributed by atoms with E-state index in [-0.39, 0.29) is 120 Å². The van der Waals surface area contributed by atoms with Gasteiger partial charge in [-0.1, -0.05) is 154 Å². The Kier molecular flexibility index (Phi) is 8.00. The predicted molar refractivity (Wildman–Crippen MR) is 236 cm³/mol. The van der Waals surface area contributed by atoms with E-state index in [1.165, 1.54) is 6.20 Å². The van der Waals surface area contributed by atoms with Crippen molar-refractivity contribution in [2.24, 2.45) is 0 Å². The molecule has 6 nitrogen and oxygen atoms in total. The van der Waals surface area contributed by atoms with E-state index in [2.05, 4.69) is 123 Å². The van der Waals surface area contributed by atoms with Crippen molar-refractivity contribution in [1.29, 1.82) is 0 Å². The Morgan fingerprint density at radius 1 is 0.672 bits per heavy atom. The SMILES string of the molecule is [2H]c1c([2H])c([2H])c2c(c1[2H])[N+](c1[c-]c(Oc3[c-]c4c(cn3)c3c([2H])c([2H])c([2H])c([2H])c3n4-c3cc(C(C)(C)C)ccn3)cc(C(C)(C)C)c1)=C=[N+]2c1c(C(C)(C)C)cccc1C(C)(C)C.[Pt+2]. The van der Waals surface area contributed by atoms with Crippen LogP contribution in [0.4, 0.5) is 22.7 Å². The van der Waals surface area contributed by atoms with E-state index in [9.17, 15) is 2.74 Å². The van der Waals surface area contributed by atoms with E-state index in [0.717, 1.165) is 27.9 Å². The van der Waals surface area contributed by atoms with Gasteiger partial charge in [-0.25, -0.2) is 4.98 Å². The van der Waals surface area contributed by atoms with Crippen LogP contribution in [0.1, 0.15) is 116 Å². The van der Waals surface area contributed by atoms with Gasteiger partial charge >= 0.3 is 27.1 Å². The molecule has 0 saturated carbocycles. The maximum atomic E-state index is 9.31. The van der Waals surface area contributed by atoms with E-state index in [1.54, 1.807) is 19.9 Å². The van der Waals surface area contributed by atoms with Crippen molar-refractivity contribution in [3.05, 3.63) is 138 Å². The zero-order valence-electron chi connectivity index (χ0n) is 43.2. The minimum atomic E-state index is -0.438. The second-order valence-corrected chi connectivity index (χ2v) is 18.8. The Morgan fingerprint density at radius 2 is 1.29 bits per heavy atom. The molecule has 1 aliphatic rings. The van der Waals surface area contributed by atoms with E-state index in [1.807, 2.05) is 30.3 Å². The molecule has 0 N–H and O–H groups in total. The molecule has 0 spiro atoms. The summed E-state index contributed by atoms with van der Waals surface area (Å²) in [7, 11) is 0. The number of para-hydroxylation sites is 4. The van der Waals surface area contributed by atoms with Crippen molar-refractivity contribution < 1.29 is 36.8 Å². The molecule has 0 amide bonds. The van der Waals surface area contributed by atoms with E-state index in [0.29, 0.717) is 22.4 Å². The van der Waals surface area contributed by atoms with Gasteiger partial charge in [0.05, 0.1) is 11.0 Å². The van der Waals surface area contributed by atoms with Crippen LogP contribution < -0.4 is 13.9 Å². The standard InChI is InChI=1S/C51H53N5O.Pt/c1-48(2,3)33-24-25-52-45(28-33)56-41-21-14-13-18-37(41)38-31-53-46(30-44(38)56)57-36-27-34(49(4,5)6)26-35(29-36)54-32-55(43-23-16-15-22-42(43)54)47-39(50(7,8)9)19-17-20-40(47)51(10,11)12;/h13-28,31H,1-12H3;/q;+2/i13D,14D,15D,16D,18D,21D,22D,23D;. The third-order valence-electron chi connectivity index (χ3n) is 10.3. The molecular weight excluding hydrogens is 894 g/mol. The molecule has 0 atom stereocenters. The van der Waals surface area contributed by atoms with Crippen molar-refractivity contribution in [3.8, 4) is 17.4 Å². The number of pyridine rings is 2. The fourth-order valence-electron chi connectivity index (χ4n) is 7.21. The first-order valence-electron chi connectivity index (χ1n) is 23.3. The summed E-state index contributed by atoms with van der Waals surface area (Å²) in [6.07, 6.45) is 3.21. The molecule has 4 aromatic carbocycles. The molecule has 0 saturated heterocycles. The molecule has 0 fully saturated rings. The van der Waals surface area contributed by atoms with Gasteiger partial charge in [0.25, 0.3) is 11.4 Å². The summed E-state index contributed by atoms with van der Waals surface area (Å²) in [4.78, 5) is 9.32. The van der Waals surface area contributed by atoms with Gasteiger partial charge in [-0.05, 0) is 56.2 Å². The second kappa shape index (κ2) is 14.6. The van der Waals surface area contributed by atoms with Gasteiger partial charge in [-0.3, -0.25) is 4.98 Å². The molecule has 7 aromatic rings. The molecule has 0 aliphatic carbocycles. The molecule has 296 valence electrons. The Bertz CT molecular complexity index is 3220. The average molecular weight is 955 g/mol. The third-order valence-corrected chi connectivity index (χ3v) is 10.3. The quantitative estimate of drug-likeness (QED) is 0.128. The zero-order valence-corrected chi connectivity index (χ0v) is 37.4. The van der Waals surface area contributed by atoms with Crippen molar-refractivity contribution >= 4 is 50.6 Å². The van der Waals surface area contributed by atoms with Crippen LogP contribution in [-0.4, -0.2) is 20.5 Å². The van der Waals surface area contributed by atoms with Crippen molar-refractivity contribution in [2.45, 2.75) is 105 Å². The number of rotatable bonds is 5. The van der Waals surface area contributed by atoms with E-state index in [4.69, 9.17) is 13.0 Å². The van der Waals surface area contributed by atoms with Crippen LogP contribution >= 0.6 is 0 Å². The van der Waals surface area contributed by atoms with Gasteiger partial charge in [-0.15, -0.1) is 22.5 Å². The van der Waals surface area contributed by atoms with Crippen LogP contribution in [0.25, 0.3) is 27.6 Å². The van der Waals surface area contributed by atoms with Crippen molar-refractivity contribution in [1.82, 2.24) is 23.7 Å². The zero-order chi connectivity index (χ0) is 47.6. The number of nitrogens with zero attached hydrogens (tertiary/aromatic N) is 5. The normalized spacial score (nSPS) is 15.2. The minimum Gasteiger partial charge on any atom is -0.484 e. The topological polar surface area (TPSA) is 46.0 Å². The molecule has 3 aromatic heterocycles. The Balaban J connectivity index is 0.00000648. The van der Waals surface area contributed by atoms with Crippen molar-refractivity contribution in [2.75, 3.05) is 0 Å². The summed E-state index contributed by atoms with van der Waals surface area (Å²) in [6, 6.07) is 21.6. The summed E-state index contributed by atoms with van der Waals surface area (Å²) in [5.41, 5.74) is 4.68. The second-order valence-electron chi connectivity index (χ2n) is 18.8. The molecule has 4 heterocycles. The fourth-order valence-corrected chi connectivity index (χ4v) is 7.21. The van der Waals surface area contributed by atoms with Crippen LogP contribution in [0.5, 0.6) is 11.6 Å². The number of benzene rings is 4. The first kappa shape index (κ1) is 31.8. The Labute approximate surface area is 369 Å². The number of ether oxygens (including phenoxy) is 1. The van der Waals surface area contributed by atoms with E-state index < -0.39 is 5.41 Å². The summed E-state index contributed by atoms with van der Waals surface area (Å²) in [6.45, 7) is 25.1. The third kappa shape index (κ3) is 7.49. The number of hydrogen-bond donors (Lipinski definition) is 0. The average Bonchev–Trinajstić information content (AvgIpc) is 3.79. The molecule has 7 heteroatoms. The van der Waals surface area contributed by atoms with Gasteiger partial charge < -0.3 is 9.30 Å². The van der Waals surface area contributed by atoms with Crippen molar-refractivity contribution in [3.63, 3.8) is 0 Å². The largest absolute Gasteiger partial charge is 2.00 e. The van der Waals surface area contributed by atoms with Gasteiger partial charge in [0, 0.05) is 40.7 Å². The first-order valence-corrected chi connectivity index (χ1v) is 19.3. The molecule has 8 rings (SSSR count). The van der Waals surface area contributed by atoms with Crippen LogP contribution in [0.2, 0.25) is 0 Å². The Morgan fingerprint density at radius 3 is 1.93 bits per heavy atom. The maximum Gasteiger partial charge on any atom is 2.00 e. The minimum absolute atomic E-state index is 0. The van der Waals surface area contributed by atoms with Crippen LogP contribution in [-0.2, 0) is 42.7 Å².